The van der Waals surface area contributed by atoms with E-state index in [1.54, 1.807) is 23.1 Å². The fourth-order valence-corrected chi connectivity index (χ4v) is 3.01. The molecular formula is C17H14BrNO2. The summed E-state index contributed by atoms with van der Waals surface area (Å²) in [5.74, 6) is -0.0521. The average Bonchev–Trinajstić information content (AvgIpc) is 2.98. The second kappa shape index (κ2) is 5.82. The molecule has 4 heteroatoms. The summed E-state index contributed by atoms with van der Waals surface area (Å²) in [6.45, 7) is 0.638. The van der Waals surface area contributed by atoms with E-state index in [-0.39, 0.29) is 17.0 Å². The van der Waals surface area contributed by atoms with E-state index in [1.165, 1.54) is 0 Å². The summed E-state index contributed by atoms with van der Waals surface area (Å²) in [4.78, 5) is 26.5. The number of hydrogen-bond acceptors (Lipinski definition) is 2. The molecule has 0 spiro atoms. The van der Waals surface area contributed by atoms with Gasteiger partial charge in [0.1, 0.15) is 0 Å². The number of nitrogens with zero attached hydrogens (tertiary/aromatic N) is 1. The van der Waals surface area contributed by atoms with Gasteiger partial charge in [0.25, 0.3) is 0 Å². The molecule has 0 aromatic heterocycles. The van der Waals surface area contributed by atoms with Crippen molar-refractivity contribution in [2.75, 3.05) is 16.8 Å². The van der Waals surface area contributed by atoms with Crippen LogP contribution in [0.2, 0.25) is 0 Å². The largest absolute Gasteiger partial charge is 0.310 e. The van der Waals surface area contributed by atoms with Gasteiger partial charge in [-0.05, 0) is 18.1 Å². The summed E-state index contributed by atoms with van der Waals surface area (Å²) in [5.41, 5.74) is 3.08. The zero-order valence-electron chi connectivity index (χ0n) is 11.4. The minimum Gasteiger partial charge on any atom is -0.310 e. The lowest BCUT2D eigenvalue weighted by Gasteiger charge is -2.19. The smallest absolute Gasteiger partial charge is 0.237 e. The van der Waals surface area contributed by atoms with Gasteiger partial charge in [0.15, 0.2) is 5.78 Å². The SMILES string of the molecule is O=C(c1ccccc1)c1cccc2c1N(C(=O)CBr)CC2. The maximum atomic E-state index is 12.7. The second-order valence-corrected chi connectivity index (χ2v) is 5.50. The first-order valence-corrected chi connectivity index (χ1v) is 7.92. The monoisotopic (exact) mass is 343 g/mol. The maximum absolute atomic E-state index is 12.7. The summed E-state index contributed by atoms with van der Waals surface area (Å²) < 4.78 is 0. The van der Waals surface area contributed by atoms with E-state index in [9.17, 15) is 9.59 Å². The highest BCUT2D eigenvalue weighted by Crippen LogP contribution is 2.33. The molecule has 2 aromatic rings. The van der Waals surface area contributed by atoms with Gasteiger partial charge < -0.3 is 4.90 Å². The number of hydrogen-bond donors (Lipinski definition) is 0. The summed E-state index contributed by atoms with van der Waals surface area (Å²) in [6.07, 6.45) is 0.796. The summed E-state index contributed by atoms with van der Waals surface area (Å²) in [7, 11) is 0. The molecule has 2 aromatic carbocycles. The van der Waals surface area contributed by atoms with Crippen molar-refractivity contribution < 1.29 is 9.59 Å². The normalized spacial score (nSPS) is 13.1. The lowest BCUT2D eigenvalue weighted by Crippen LogP contribution is -2.30. The molecule has 0 saturated heterocycles. The van der Waals surface area contributed by atoms with Crippen LogP contribution in [0.1, 0.15) is 21.5 Å². The first kappa shape index (κ1) is 14.0. The molecule has 3 rings (SSSR count). The molecule has 1 amide bonds. The molecule has 0 atom stereocenters. The number of anilines is 1. The van der Waals surface area contributed by atoms with Crippen LogP contribution >= 0.6 is 15.9 Å². The minimum absolute atomic E-state index is 0.0120. The quantitative estimate of drug-likeness (QED) is 0.633. The van der Waals surface area contributed by atoms with Crippen LogP contribution in [0.4, 0.5) is 5.69 Å². The highest BCUT2D eigenvalue weighted by Gasteiger charge is 2.28. The number of carbonyl (C=O) groups excluding carboxylic acids is 2. The summed E-state index contributed by atoms with van der Waals surface area (Å²) in [5, 5.41) is 0.264. The number of ketones is 1. The average molecular weight is 344 g/mol. The third-order valence-corrected chi connectivity index (χ3v) is 4.17. The number of halogens is 1. The Hall–Kier alpha value is -1.94. The van der Waals surface area contributed by atoms with Gasteiger partial charge in [0.05, 0.1) is 11.0 Å². The van der Waals surface area contributed by atoms with E-state index >= 15 is 0 Å². The van der Waals surface area contributed by atoms with E-state index in [0.717, 1.165) is 17.7 Å². The van der Waals surface area contributed by atoms with Crippen molar-refractivity contribution in [2.24, 2.45) is 0 Å². The molecule has 0 aliphatic carbocycles. The lowest BCUT2D eigenvalue weighted by atomic mass is 9.99. The molecule has 1 aliphatic heterocycles. The van der Waals surface area contributed by atoms with Crippen LogP contribution < -0.4 is 4.90 Å². The Labute approximate surface area is 131 Å². The number of carbonyl (C=O) groups is 2. The molecule has 0 N–H and O–H groups in total. The van der Waals surface area contributed by atoms with E-state index in [4.69, 9.17) is 0 Å². The van der Waals surface area contributed by atoms with E-state index < -0.39 is 0 Å². The highest BCUT2D eigenvalue weighted by molar-refractivity contribution is 9.09. The number of benzene rings is 2. The van der Waals surface area contributed by atoms with Crippen LogP contribution in [0.3, 0.4) is 0 Å². The van der Waals surface area contributed by atoms with E-state index in [2.05, 4.69) is 15.9 Å². The zero-order chi connectivity index (χ0) is 14.8. The van der Waals surface area contributed by atoms with Crippen LogP contribution in [0.5, 0.6) is 0 Å². The molecule has 21 heavy (non-hydrogen) atoms. The lowest BCUT2D eigenvalue weighted by molar-refractivity contribution is -0.116. The predicted octanol–water partition coefficient (Wildman–Crippen LogP) is 3.20. The molecule has 0 unspecified atom stereocenters. The third-order valence-electron chi connectivity index (χ3n) is 3.69. The number of rotatable bonds is 3. The number of fused-ring (bicyclic) bond motifs is 1. The van der Waals surface area contributed by atoms with Crippen LogP contribution in [0, 0.1) is 0 Å². The second-order valence-electron chi connectivity index (χ2n) is 4.94. The van der Waals surface area contributed by atoms with Gasteiger partial charge in [-0.1, -0.05) is 58.4 Å². The van der Waals surface area contributed by atoms with Gasteiger partial charge in [-0.3, -0.25) is 9.59 Å². The van der Waals surface area contributed by atoms with Crippen LogP contribution in [0.25, 0.3) is 0 Å². The van der Waals surface area contributed by atoms with Gasteiger partial charge >= 0.3 is 0 Å². The molecule has 0 fully saturated rings. The van der Waals surface area contributed by atoms with Crippen molar-refractivity contribution in [3.63, 3.8) is 0 Å². The topological polar surface area (TPSA) is 37.4 Å². The maximum Gasteiger partial charge on any atom is 0.237 e. The van der Waals surface area contributed by atoms with Gasteiger partial charge in [-0.2, -0.15) is 0 Å². The van der Waals surface area contributed by atoms with Crippen molar-refractivity contribution in [1.82, 2.24) is 0 Å². The Morgan fingerprint density at radius 1 is 1.05 bits per heavy atom. The van der Waals surface area contributed by atoms with Gasteiger partial charge in [-0.25, -0.2) is 0 Å². The fourth-order valence-electron chi connectivity index (χ4n) is 2.71. The Morgan fingerprint density at radius 2 is 1.81 bits per heavy atom. The molecule has 0 bridgehead atoms. The Balaban J connectivity index is 2.07. The Bertz CT molecular complexity index is 697. The van der Waals surface area contributed by atoms with Gasteiger partial charge in [-0.15, -0.1) is 0 Å². The van der Waals surface area contributed by atoms with Gasteiger partial charge in [0, 0.05) is 17.7 Å². The first-order valence-electron chi connectivity index (χ1n) is 6.80. The van der Waals surface area contributed by atoms with Crippen molar-refractivity contribution in [3.8, 4) is 0 Å². The van der Waals surface area contributed by atoms with E-state index in [1.807, 2.05) is 30.3 Å². The van der Waals surface area contributed by atoms with Crippen LogP contribution in [-0.2, 0) is 11.2 Å². The van der Waals surface area contributed by atoms with Crippen molar-refractivity contribution in [3.05, 3.63) is 65.2 Å². The molecule has 1 aliphatic rings. The Kier molecular flexibility index (Phi) is 3.88. The molecule has 1 heterocycles. The molecule has 0 radical (unpaired) electrons. The summed E-state index contributed by atoms with van der Waals surface area (Å²) in [6, 6.07) is 14.8. The zero-order valence-corrected chi connectivity index (χ0v) is 13.0. The molecule has 3 nitrogen and oxygen atoms in total. The number of para-hydroxylation sites is 1. The van der Waals surface area contributed by atoms with E-state index in [0.29, 0.717) is 17.7 Å². The number of amides is 1. The number of alkyl halides is 1. The first-order chi connectivity index (χ1) is 10.2. The standard InChI is InChI=1S/C17H14BrNO2/c18-11-15(20)19-10-9-12-7-4-8-14(16(12)19)17(21)13-5-2-1-3-6-13/h1-8H,9-11H2. The highest BCUT2D eigenvalue weighted by atomic mass is 79.9. The van der Waals surface area contributed by atoms with Crippen LogP contribution in [0.15, 0.2) is 48.5 Å². The fraction of sp³-hybridized carbons (Fsp3) is 0.176. The summed E-state index contributed by atoms with van der Waals surface area (Å²) >= 11 is 3.21. The van der Waals surface area contributed by atoms with Gasteiger partial charge in [0.2, 0.25) is 5.91 Å². The Morgan fingerprint density at radius 3 is 2.52 bits per heavy atom. The van der Waals surface area contributed by atoms with Crippen molar-refractivity contribution >= 4 is 33.3 Å². The molecule has 0 saturated carbocycles. The van der Waals surface area contributed by atoms with Crippen LogP contribution in [-0.4, -0.2) is 23.6 Å². The minimum atomic E-state index is -0.0401. The molecular weight excluding hydrogens is 330 g/mol. The van der Waals surface area contributed by atoms with Crippen molar-refractivity contribution in [2.45, 2.75) is 6.42 Å². The van der Waals surface area contributed by atoms with Crippen molar-refractivity contribution in [1.29, 1.82) is 0 Å². The predicted molar refractivity (Wildman–Crippen MR) is 86.2 cm³/mol. The third kappa shape index (κ3) is 2.51. The molecule has 106 valence electrons.